The Labute approximate surface area is 123 Å². The van der Waals surface area contributed by atoms with Gasteiger partial charge in [-0.05, 0) is 30.7 Å². The number of aromatic nitrogens is 1. The second-order valence-corrected chi connectivity index (χ2v) is 4.84. The lowest BCUT2D eigenvalue weighted by atomic mass is 10.0. The van der Waals surface area contributed by atoms with Crippen LogP contribution in [0.3, 0.4) is 0 Å². The molecule has 0 amide bonds. The molecule has 0 saturated heterocycles. The summed E-state index contributed by atoms with van der Waals surface area (Å²) in [5, 5.41) is 0.829. The third-order valence-corrected chi connectivity index (χ3v) is 3.35. The van der Waals surface area contributed by atoms with Crippen molar-refractivity contribution < 1.29 is 9.53 Å². The van der Waals surface area contributed by atoms with Crippen molar-refractivity contribution in [3.63, 3.8) is 0 Å². The van der Waals surface area contributed by atoms with E-state index in [9.17, 15) is 4.79 Å². The number of hydrogen-bond donors (Lipinski definition) is 0. The molecule has 3 nitrogen and oxygen atoms in total. The highest BCUT2D eigenvalue weighted by molar-refractivity contribution is 6.07. The first-order valence-electron chi connectivity index (χ1n) is 6.81. The van der Waals surface area contributed by atoms with E-state index in [1.54, 1.807) is 19.2 Å². The average Bonchev–Trinajstić information content (AvgIpc) is 2.53. The molecule has 3 heteroatoms. The van der Waals surface area contributed by atoms with E-state index in [2.05, 4.69) is 4.98 Å². The van der Waals surface area contributed by atoms with Crippen LogP contribution in [0.4, 0.5) is 0 Å². The van der Waals surface area contributed by atoms with Crippen LogP contribution in [-0.2, 0) is 6.61 Å². The average molecular weight is 277 g/mol. The number of carbonyl (C=O) groups is 1. The van der Waals surface area contributed by atoms with E-state index in [-0.39, 0.29) is 5.78 Å². The van der Waals surface area contributed by atoms with Crippen LogP contribution in [0.25, 0.3) is 10.9 Å². The number of benzene rings is 2. The van der Waals surface area contributed by atoms with Crippen molar-refractivity contribution in [1.82, 2.24) is 4.98 Å². The van der Waals surface area contributed by atoms with Gasteiger partial charge in [-0.25, -0.2) is 0 Å². The first kappa shape index (κ1) is 13.3. The molecule has 3 rings (SSSR count). The van der Waals surface area contributed by atoms with Crippen LogP contribution in [-0.4, -0.2) is 10.8 Å². The molecule has 104 valence electrons. The van der Waals surface area contributed by atoms with E-state index >= 15 is 0 Å². The highest BCUT2D eigenvalue weighted by atomic mass is 16.5. The minimum atomic E-state index is 0.0302. The van der Waals surface area contributed by atoms with Crippen LogP contribution in [0, 0.1) is 0 Å². The summed E-state index contributed by atoms with van der Waals surface area (Å²) in [6.45, 7) is 2.04. The highest BCUT2D eigenvalue weighted by Gasteiger charge is 2.10. The Balaban J connectivity index is 1.96. The maximum absolute atomic E-state index is 11.7. The topological polar surface area (TPSA) is 39.2 Å². The fraction of sp³-hybridized carbons (Fsp3) is 0.111. The minimum Gasteiger partial charge on any atom is -0.487 e. The molecule has 0 aliphatic carbocycles. The van der Waals surface area contributed by atoms with Gasteiger partial charge >= 0.3 is 0 Å². The Bertz CT molecular complexity index is 782. The normalized spacial score (nSPS) is 10.5. The maximum atomic E-state index is 11.7. The van der Waals surface area contributed by atoms with Crippen molar-refractivity contribution in [3.8, 4) is 5.75 Å². The van der Waals surface area contributed by atoms with E-state index in [1.165, 1.54) is 0 Å². The molecular formula is C18H15NO2. The Morgan fingerprint density at radius 2 is 1.86 bits per heavy atom. The Hall–Kier alpha value is -2.68. The quantitative estimate of drug-likeness (QED) is 0.676. The number of fused-ring (bicyclic) bond motifs is 1. The van der Waals surface area contributed by atoms with Crippen LogP contribution < -0.4 is 4.74 Å². The number of pyridine rings is 1. The molecule has 0 aliphatic heterocycles. The molecule has 0 saturated carbocycles. The number of ether oxygens (including phenoxy) is 1. The van der Waals surface area contributed by atoms with Gasteiger partial charge in [0, 0.05) is 17.1 Å². The van der Waals surface area contributed by atoms with Gasteiger partial charge in [-0.3, -0.25) is 9.78 Å². The van der Waals surface area contributed by atoms with Gasteiger partial charge in [0.25, 0.3) is 0 Å². The van der Waals surface area contributed by atoms with Crippen molar-refractivity contribution in [1.29, 1.82) is 0 Å². The minimum absolute atomic E-state index is 0.0302. The lowest BCUT2D eigenvalue weighted by molar-refractivity contribution is 0.101. The smallest absolute Gasteiger partial charge is 0.160 e. The van der Waals surface area contributed by atoms with Crippen molar-refractivity contribution >= 4 is 16.7 Å². The Kier molecular flexibility index (Phi) is 3.65. The van der Waals surface area contributed by atoms with Crippen LogP contribution >= 0.6 is 0 Å². The molecule has 0 bridgehead atoms. The summed E-state index contributed by atoms with van der Waals surface area (Å²) < 4.78 is 5.87. The largest absolute Gasteiger partial charge is 0.487 e. The second-order valence-electron chi connectivity index (χ2n) is 4.84. The predicted molar refractivity (Wildman–Crippen MR) is 82.5 cm³/mol. The third-order valence-electron chi connectivity index (χ3n) is 3.35. The molecule has 2 aromatic carbocycles. The molecule has 0 spiro atoms. The first-order valence-corrected chi connectivity index (χ1v) is 6.81. The van der Waals surface area contributed by atoms with Gasteiger partial charge in [0.2, 0.25) is 0 Å². The van der Waals surface area contributed by atoms with Gasteiger partial charge in [0.1, 0.15) is 17.9 Å². The second kappa shape index (κ2) is 5.75. The summed E-state index contributed by atoms with van der Waals surface area (Å²) in [5.41, 5.74) is 2.49. The zero-order valence-electron chi connectivity index (χ0n) is 11.7. The van der Waals surface area contributed by atoms with E-state index in [1.807, 2.05) is 48.5 Å². The van der Waals surface area contributed by atoms with Crippen molar-refractivity contribution in [2.24, 2.45) is 0 Å². The molecule has 0 aliphatic rings. The van der Waals surface area contributed by atoms with Crippen LogP contribution in [0.5, 0.6) is 5.75 Å². The third kappa shape index (κ3) is 2.77. The summed E-state index contributed by atoms with van der Waals surface area (Å²) >= 11 is 0. The number of Topliss-reactive ketones (excluding diaryl/α,β-unsaturated/α-hetero) is 1. The fourth-order valence-corrected chi connectivity index (χ4v) is 2.31. The number of nitrogens with zero attached hydrogens (tertiary/aromatic N) is 1. The van der Waals surface area contributed by atoms with Gasteiger partial charge in [-0.15, -0.1) is 0 Å². The summed E-state index contributed by atoms with van der Waals surface area (Å²) in [4.78, 5) is 16.0. The Morgan fingerprint density at radius 1 is 1.05 bits per heavy atom. The zero-order chi connectivity index (χ0) is 14.7. The van der Waals surface area contributed by atoms with E-state index in [0.717, 1.165) is 16.5 Å². The summed E-state index contributed by atoms with van der Waals surface area (Å²) in [6, 6.07) is 17.3. The number of ketones is 1. The molecule has 3 aromatic rings. The van der Waals surface area contributed by atoms with Gasteiger partial charge < -0.3 is 4.74 Å². The van der Waals surface area contributed by atoms with Crippen LogP contribution in [0.1, 0.15) is 22.8 Å². The van der Waals surface area contributed by atoms with Crippen molar-refractivity contribution in [2.75, 3.05) is 0 Å². The van der Waals surface area contributed by atoms with E-state index in [4.69, 9.17) is 4.74 Å². The maximum Gasteiger partial charge on any atom is 0.160 e. The Morgan fingerprint density at radius 3 is 2.62 bits per heavy atom. The summed E-state index contributed by atoms with van der Waals surface area (Å²) in [6.07, 6.45) is 1.71. The van der Waals surface area contributed by atoms with Gasteiger partial charge in [0.05, 0.1) is 0 Å². The van der Waals surface area contributed by atoms with Crippen LogP contribution in [0.2, 0.25) is 0 Å². The summed E-state index contributed by atoms with van der Waals surface area (Å²) in [7, 11) is 0. The lowest BCUT2D eigenvalue weighted by Crippen LogP contribution is -1.99. The number of rotatable bonds is 4. The SMILES string of the molecule is CC(=O)c1ccc(OCc2ccccc2)c2ncccc12. The fourth-order valence-electron chi connectivity index (χ4n) is 2.31. The van der Waals surface area contributed by atoms with Crippen molar-refractivity contribution in [2.45, 2.75) is 13.5 Å². The molecule has 0 atom stereocenters. The molecule has 0 N–H and O–H groups in total. The molecule has 0 fully saturated rings. The van der Waals surface area contributed by atoms with Gasteiger partial charge in [-0.1, -0.05) is 36.4 Å². The monoisotopic (exact) mass is 277 g/mol. The van der Waals surface area contributed by atoms with Crippen LogP contribution in [0.15, 0.2) is 60.8 Å². The zero-order valence-corrected chi connectivity index (χ0v) is 11.7. The van der Waals surface area contributed by atoms with E-state index < -0.39 is 0 Å². The van der Waals surface area contributed by atoms with Crippen molar-refractivity contribution in [3.05, 3.63) is 71.9 Å². The standard InChI is InChI=1S/C18H15NO2/c1-13(20)15-9-10-17(18-16(15)8-5-11-19-18)21-12-14-6-3-2-4-7-14/h2-11H,12H2,1H3. The molecule has 0 unspecified atom stereocenters. The van der Waals surface area contributed by atoms with Gasteiger partial charge in [-0.2, -0.15) is 0 Å². The molecule has 21 heavy (non-hydrogen) atoms. The molecule has 0 radical (unpaired) electrons. The molecule has 1 heterocycles. The number of carbonyl (C=O) groups excluding carboxylic acids is 1. The summed E-state index contributed by atoms with van der Waals surface area (Å²) in [5.74, 6) is 0.724. The number of hydrogen-bond acceptors (Lipinski definition) is 3. The predicted octanol–water partition coefficient (Wildman–Crippen LogP) is 4.02. The first-order chi connectivity index (χ1) is 10.3. The molecular weight excluding hydrogens is 262 g/mol. The molecule has 1 aromatic heterocycles. The van der Waals surface area contributed by atoms with E-state index in [0.29, 0.717) is 17.9 Å². The van der Waals surface area contributed by atoms with Gasteiger partial charge in [0.15, 0.2) is 5.78 Å². The lowest BCUT2D eigenvalue weighted by Gasteiger charge is -2.10. The highest BCUT2D eigenvalue weighted by Crippen LogP contribution is 2.27.